The zero-order valence-corrected chi connectivity index (χ0v) is 60.3. The number of phenolic OH excluding ortho intramolecular Hbond substituents is 4. The molecule has 558 valence electrons. The molecule has 11 rings (SSSR count). The van der Waals surface area contributed by atoms with Gasteiger partial charge < -0.3 is 69.0 Å². The van der Waals surface area contributed by atoms with Gasteiger partial charge in [0.05, 0.1) is 64.0 Å². The minimum absolute atomic E-state index is 0.00387. The van der Waals surface area contributed by atoms with E-state index in [0.29, 0.717) is 70.6 Å². The number of carbonyl (C=O) groups excluding carboxylic acids is 8. The van der Waals surface area contributed by atoms with E-state index in [1.54, 1.807) is 64.1 Å². The van der Waals surface area contributed by atoms with Gasteiger partial charge >= 0.3 is 35.8 Å². The first-order chi connectivity index (χ1) is 52.2. The van der Waals surface area contributed by atoms with Crippen LogP contribution in [0.3, 0.4) is 0 Å². The summed E-state index contributed by atoms with van der Waals surface area (Å²) >= 11 is 0. The molecule has 0 fully saturated rings. The van der Waals surface area contributed by atoms with Crippen LogP contribution in [-0.4, -0.2) is 121 Å². The SMILES string of the molecule is CCOC(=O)C1(C(=O)OCC)Cc2c(c(C(=O)NC(c3ccccc3)(c3ccccc3)c3cccc(OCCCCOC(=O)c4cc(O)cc(O)c4)c3)c3c(c2C(=O)NC(c2ccccc2)(c2ccccc2)c2cccc(OCCCCOC(=O)c4cc(O)cc(O)c4)c2)CC(C(=O)OCC)(C(=O)OCC)C3)C1. The molecule has 6 N–H and O–H groups in total. The zero-order valence-electron chi connectivity index (χ0n) is 60.3. The third-order valence-electron chi connectivity index (χ3n) is 19.3. The Morgan fingerprint density at radius 3 is 0.880 bits per heavy atom. The third kappa shape index (κ3) is 16.0. The summed E-state index contributed by atoms with van der Waals surface area (Å²) in [4.78, 5) is 120. The van der Waals surface area contributed by atoms with Crippen molar-refractivity contribution in [3.8, 4) is 34.5 Å². The van der Waals surface area contributed by atoms with Crippen LogP contribution in [0.2, 0.25) is 0 Å². The van der Waals surface area contributed by atoms with Crippen molar-refractivity contribution in [3.05, 3.63) is 284 Å². The number of hydrogen-bond acceptors (Lipinski definition) is 20. The number of benzene rings is 9. The van der Waals surface area contributed by atoms with Crippen LogP contribution in [0.25, 0.3) is 0 Å². The molecule has 0 heterocycles. The molecule has 2 amide bonds. The number of unbranched alkanes of at least 4 members (excludes halogenated alkanes) is 2. The highest BCUT2D eigenvalue weighted by molar-refractivity contribution is 6.11. The fraction of sp³-hybridized carbons (Fsp3) is 0.279. The van der Waals surface area contributed by atoms with Gasteiger partial charge in [0.15, 0.2) is 10.8 Å². The van der Waals surface area contributed by atoms with E-state index in [2.05, 4.69) is 10.6 Å². The van der Waals surface area contributed by atoms with Crippen molar-refractivity contribution in [3.63, 3.8) is 0 Å². The average molecular weight is 1470 g/mol. The molecule has 0 bridgehead atoms. The van der Waals surface area contributed by atoms with Crippen molar-refractivity contribution in [2.75, 3.05) is 52.9 Å². The Labute approximate surface area is 624 Å². The minimum Gasteiger partial charge on any atom is -0.508 e. The predicted molar refractivity (Wildman–Crippen MR) is 396 cm³/mol. The van der Waals surface area contributed by atoms with Crippen LogP contribution in [0.4, 0.5) is 0 Å². The molecule has 22 nitrogen and oxygen atoms in total. The van der Waals surface area contributed by atoms with E-state index in [1.165, 1.54) is 24.3 Å². The first-order valence-corrected chi connectivity index (χ1v) is 35.9. The van der Waals surface area contributed by atoms with Gasteiger partial charge in [-0.25, -0.2) is 9.59 Å². The number of hydrogen-bond donors (Lipinski definition) is 6. The fourth-order valence-corrected chi connectivity index (χ4v) is 14.4. The molecule has 0 radical (unpaired) electrons. The molecule has 0 aliphatic heterocycles. The Morgan fingerprint density at radius 1 is 0.333 bits per heavy atom. The topological polar surface area (TPSA) is 315 Å². The highest BCUT2D eigenvalue weighted by atomic mass is 16.6. The Kier molecular flexibility index (Phi) is 24.3. The first-order valence-electron chi connectivity index (χ1n) is 35.9. The lowest BCUT2D eigenvalue weighted by Crippen LogP contribution is -2.49. The predicted octanol–water partition coefficient (Wildman–Crippen LogP) is 12.4. The largest absolute Gasteiger partial charge is 0.508 e. The standard InChI is InChI=1S/C86H84N2O20/c1-5-101-79(97)83(80(98)102-6-2)51-69-70(52-83)74(76(94)88-86(59-31-17-11-18-32-59,60-33-19-12-20-34-60)62-36-26-38-68(48-62)106-40-22-24-42-108-78(96)56-45-65(91)50-66(92)46-56)72-54-84(81(99)103-7-3,82(100)104-8-4)53-71(72)73(69)75(93)87-85(57-27-13-9-14-28-57,58-29-15-10-16-30-58)61-35-25-37-67(47-61)105-39-21-23-41-107-77(95)55-43-63(89)49-64(90)44-55/h9-20,25-38,43-50,89-92H,5-8,21-24,39-42,51-54H2,1-4H3,(H,87,93)(H,88,94). The number of amides is 2. The van der Waals surface area contributed by atoms with E-state index in [-0.39, 0.29) is 120 Å². The highest BCUT2D eigenvalue weighted by Gasteiger charge is 2.60. The minimum atomic E-state index is -2.23. The summed E-state index contributed by atoms with van der Waals surface area (Å²) in [6.45, 7) is 5.90. The normalized spacial score (nSPS) is 13.1. The summed E-state index contributed by atoms with van der Waals surface area (Å²) in [5.41, 5.74) is -4.78. The number of nitrogens with one attached hydrogen (secondary N) is 2. The lowest BCUT2D eigenvalue weighted by molar-refractivity contribution is -0.172. The number of carbonyl (C=O) groups is 8. The van der Waals surface area contributed by atoms with Crippen molar-refractivity contribution in [1.29, 1.82) is 0 Å². The first kappa shape index (κ1) is 76.7. The van der Waals surface area contributed by atoms with Crippen LogP contribution < -0.4 is 20.1 Å². The molecule has 0 spiro atoms. The van der Waals surface area contributed by atoms with Gasteiger partial charge in [-0.2, -0.15) is 0 Å². The van der Waals surface area contributed by atoms with Gasteiger partial charge in [-0.05, 0) is 158 Å². The molecule has 0 saturated carbocycles. The van der Waals surface area contributed by atoms with Crippen LogP contribution in [0, 0.1) is 10.8 Å². The number of ether oxygens (including phenoxy) is 8. The van der Waals surface area contributed by atoms with Gasteiger partial charge in [0, 0.05) is 48.9 Å². The van der Waals surface area contributed by atoms with Crippen LogP contribution in [0.15, 0.2) is 206 Å². The molecule has 108 heavy (non-hydrogen) atoms. The Balaban J connectivity index is 1.05. The van der Waals surface area contributed by atoms with E-state index in [4.69, 9.17) is 37.9 Å². The second-order valence-electron chi connectivity index (χ2n) is 26.2. The Morgan fingerprint density at radius 2 is 0.602 bits per heavy atom. The summed E-state index contributed by atoms with van der Waals surface area (Å²) in [5, 5.41) is 46.7. The summed E-state index contributed by atoms with van der Waals surface area (Å²) in [6.07, 6.45) is -0.707. The second kappa shape index (κ2) is 34.2. The van der Waals surface area contributed by atoms with E-state index in [0.717, 1.165) is 12.1 Å². The van der Waals surface area contributed by atoms with Crippen molar-refractivity contribution in [1.82, 2.24) is 10.6 Å². The van der Waals surface area contributed by atoms with Gasteiger partial charge in [-0.3, -0.25) is 28.8 Å². The monoisotopic (exact) mass is 1460 g/mol. The molecule has 2 aliphatic carbocycles. The Bertz CT molecular complexity index is 4280. The van der Waals surface area contributed by atoms with Gasteiger partial charge in [0.25, 0.3) is 11.8 Å². The summed E-state index contributed by atoms with van der Waals surface area (Å²) in [7, 11) is 0. The molecule has 0 aromatic heterocycles. The van der Waals surface area contributed by atoms with Crippen LogP contribution in [-0.2, 0) is 84.4 Å². The number of aromatic hydroxyl groups is 4. The molecule has 0 saturated heterocycles. The zero-order chi connectivity index (χ0) is 76.6. The highest BCUT2D eigenvalue weighted by Crippen LogP contribution is 2.52. The van der Waals surface area contributed by atoms with E-state index in [9.17, 15) is 30.0 Å². The Hall–Kier alpha value is -12.5. The van der Waals surface area contributed by atoms with Crippen molar-refractivity contribution in [2.24, 2.45) is 10.8 Å². The smallest absolute Gasteiger partial charge is 0.338 e. The van der Waals surface area contributed by atoms with Gasteiger partial charge in [0.1, 0.15) is 45.6 Å². The van der Waals surface area contributed by atoms with Crippen LogP contribution in [0.1, 0.15) is 150 Å². The molecule has 2 aliphatic rings. The number of esters is 6. The van der Waals surface area contributed by atoms with Crippen molar-refractivity contribution in [2.45, 2.75) is 90.1 Å². The number of rotatable bonds is 32. The van der Waals surface area contributed by atoms with Crippen LogP contribution in [0.5, 0.6) is 34.5 Å². The molecule has 0 atom stereocenters. The lowest BCUT2D eigenvalue weighted by atomic mass is 9.76. The molecular weight excluding hydrogens is 1380 g/mol. The van der Waals surface area contributed by atoms with E-state index in [1.807, 2.05) is 133 Å². The molecule has 9 aromatic carbocycles. The molecule has 9 aromatic rings. The molecule has 22 heteroatoms. The third-order valence-corrected chi connectivity index (χ3v) is 19.3. The van der Waals surface area contributed by atoms with E-state index < -0.39 is 95.2 Å². The second-order valence-corrected chi connectivity index (χ2v) is 26.2. The maximum absolute atomic E-state index is 17.1. The maximum atomic E-state index is 17.1. The lowest BCUT2D eigenvalue weighted by Gasteiger charge is -2.38. The van der Waals surface area contributed by atoms with Crippen molar-refractivity contribution >= 4 is 47.6 Å². The maximum Gasteiger partial charge on any atom is 0.338 e. The summed E-state index contributed by atoms with van der Waals surface area (Å²) < 4.78 is 46.9. The molecule has 0 unspecified atom stereocenters. The van der Waals surface area contributed by atoms with Gasteiger partial charge in [0.2, 0.25) is 0 Å². The van der Waals surface area contributed by atoms with Gasteiger partial charge in [-0.1, -0.05) is 146 Å². The van der Waals surface area contributed by atoms with E-state index >= 15 is 28.8 Å². The summed E-state index contributed by atoms with van der Waals surface area (Å²) in [5.74, 6) is -7.49. The quantitative estimate of drug-likeness (QED) is 0.00750. The van der Waals surface area contributed by atoms with Crippen molar-refractivity contribution < 1.29 is 96.7 Å². The molecular formula is C86H84N2O20. The average Bonchev–Trinajstić information content (AvgIpc) is 1.52. The fourth-order valence-electron chi connectivity index (χ4n) is 14.4. The van der Waals surface area contributed by atoms with Crippen LogP contribution >= 0.6 is 0 Å². The number of phenols is 4. The number of fused-ring (bicyclic) bond motifs is 2. The van der Waals surface area contributed by atoms with Gasteiger partial charge in [-0.15, -0.1) is 0 Å². The summed E-state index contributed by atoms with van der Waals surface area (Å²) in [6, 6.07) is 57.7.